The third kappa shape index (κ3) is 4.38. The highest BCUT2D eigenvalue weighted by molar-refractivity contribution is 5.66. The van der Waals surface area contributed by atoms with Crippen molar-refractivity contribution in [3.05, 3.63) is 53.6 Å². The van der Waals surface area contributed by atoms with Crippen LogP contribution in [0.15, 0.2) is 42.5 Å². The highest BCUT2D eigenvalue weighted by Gasteiger charge is 2.33. The highest BCUT2D eigenvalue weighted by atomic mass is 19.4. The summed E-state index contributed by atoms with van der Waals surface area (Å²) in [6.07, 6.45) is -9.48. The van der Waals surface area contributed by atoms with Crippen LogP contribution in [0.2, 0.25) is 0 Å². The molecule has 0 amide bonds. The summed E-state index contributed by atoms with van der Waals surface area (Å²) >= 11 is 0. The molecule has 2 nitrogen and oxygen atoms in total. The van der Waals surface area contributed by atoms with Gasteiger partial charge in [-0.05, 0) is 34.9 Å². The monoisotopic (exact) mass is 335 g/mol. The number of rotatable bonds is 3. The van der Waals surface area contributed by atoms with Crippen LogP contribution >= 0.6 is 0 Å². The summed E-state index contributed by atoms with van der Waals surface area (Å²) in [4.78, 5) is 0. The molecule has 0 aliphatic carbocycles. The summed E-state index contributed by atoms with van der Waals surface area (Å²) in [5.41, 5.74) is 4.55. The van der Waals surface area contributed by atoms with E-state index in [1.807, 2.05) is 0 Å². The number of nitrogens with two attached hydrogens (primary N) is 1. The Morgan fingerprint density at radius 1 is 0.870 bits per heavy atom. The molecule has 2 aromatic carbocycles. The van der Waals surface area contributed by atoms with Crippen molar-refractivity contribution in [2.45, 2.75) is 19.1 Å². The fraction of sp³-hybridized carbons (Fsp3) is 0.200. The number of halogens is 6. The fourth-order valence-electron chi connectivity index (χ4n) is 2.07. The lowest BCUT2D eigenvalue weighted by Crippen LogP contribution is -2.17. The minimum atomic E-state index is -4.88. The number of hydrogen-bond donors (Lipinski definition) is 1. The topological polar surface area (TPSA) is 35.2 Å². The van der Waals surface area contributed by atoms with Crippen LogP contribution in [0.5, 0.6) is 5.75 Å². The van der Waals surface area contributed by atoms with Gasteiger partial charge in [0.15, 0.2) is 0 Å². The molecule has 2 rings (SSSR count). The van der Waals surface area contributed by atoms with E-state index in [2.05, 4.69) is 4.74 Å². The van der Waals surface area contributed by atoms with Crippen molar-refractivity contribution in [3.8, 4) is 16.9 Å². The van der Waals surface area contributed by atoms with E-state index < -0.39 is 23.9 Å². The summed E-state index contributed by atoms with van der Waals surface area (Å²) in [6, 6.07) is 8.16. The third-order valence-electron chi connectivity index (χ3n) is 3.04. The second kappa shape index (κ2) is 6.11. The van der Waals surface area contributed by atoms with Gasteiger partial charge in [-0.3, -0.25) is 0 Å². The fourth-order valence-corrected chi connectivity index (χ4v) is 2.07. The zero-order chi connectivity index (χ0) is 17.3. The Labute approximate surface area is 127 Å². The lowest BCUT2D eigenvalue weighted by Gasteiger charge is -2.14. The SMILES string of the molecule is NCc1ccc(-c2cccc(OC(F)(F)F)c2)cc1C(F)(F)F. The van der Waals surface area contributed by atoms with Gasteiger partial charge in [0.25, 0.3) is 0 Å². The quantitative estimate of drug-likeness (QED) is 0.823. The predicted octanol–water partition coefficient (Wildman–Crippen LogP) is 4.73. The van der Waals surface area contributed by atoms with E-state index in [0.29, 0.717) is 0 Å². The Balaban J connectivity index is 2.45. The molecule has 0 aliphatic rings. The Morgan fingerprint density at radius 2 is 1.52 bits per heavy atom. The Kier molecular flexibility index (Phi) is 4.56. The molecule has 0 fully saturated rings. The Morgan fingerprint density at radius 3 is 2.09 bits per heavy atom. The standard InChI is InChI=1S/C15H11F6NO/c16-14(17,18)13-7-10(4-5-11(13)8-22)9-2-1-3-12(6-9)23-15(19,20)21/h1-7H,8,22H2. The zero-order valence-electron chi connectivity index (χ0n) is 11.5. The molecule has 23 heavy (non-hydrogen) atoms. The lowest BCUT2D eigenvalue weighted by molar-refractivity contribution is -0.274. The molecule has 0 atom stereocenters. The normalized spacial score (nSPS) is 12.3. The van der Waals surface area contributed by atoms with Crippen LogP contribution in [0.1, 0.15) is 11.1 Å². The first-order valence-corrected chi connectivity index (χ1v) is 6.36. The summed E-state index contributed by atoms with van der Waals surface area (Å²) in [6.45, 7) is -0.299. The van der Waals surface area contributed by atoms with Gasteiger partial charge in [-0.2, -0.15) is 13.2 Å². The first-order valence-electron chi connectivity index (χ1n) is 6.36. The smallest absolute Gasteiger partial charge is 0.406 e. The van der Waals surface area contributed by atoms with Crippen molar-refractivity contribution in [2.75, 3.05) is 0 Å². The van der Waals surface area contributed by atoms with Crippen molar-refractivity contribution in [3.63, 3.8) is 0 Å². The van der Waals surface area contributed by atoms with E-state index in [9.17, 15) is 26.3 Å². The largest absolute Gasteiger partial charge is 0.573 e. The van der Waals surface area contributed by atoms with Gasteiger partial charge >= 0.3 is 12.5 Å². The highest BCUT2D eigenvalue weighted by Crippen LogP contribution is 2.36. The van der Waals surface area contributed by atoms with Crippen molar-refractivity contribution < 1.29 is 31.1 Å². The second-order valence-electron chi connectivity index (χ2n) is 4.65. The van der Waals surface area contributed by atoms with Crippen LogP contribution in [-0.4, -0.2) is 6.36 Å². The minimum absolute atomic E-state index is 0.0936. The molecule has 0 saturated carbocycles. The van der Waals surface area contributed by atoms with Crippen molar-refractivity contribution in [2.24, 2.45) is 5.73 Å². The Hall–Kier alpha value is -2.22. The molecule has 0 aromatic heterocycles. The average Bonchev–Trinajstić information content (AvgIpc) is 2.44. The summed E-state index contributed by atoms with van der Waals surface area (Å²) < 4.78 is 79.4. The van der Waals surface area contributed by atoms with Crippen molar-refractivity contribution in [1.82, 2.24) is 0 Å². The average molecular weight is 335 g/mol. The molecule has 124 valence electrons. The van der Waals surface area contributed by atoms with Gasteiger partial charge < -0.3 is 10.5 Å². The van der Waals surface area contributed by atoms with Gasteiger partial charge in [-0.15, -0.1) is 13.2 Å². The molecule has 2 N–H and O–H groups in total. The lowest BCUT2D eigenvalue weighted by atomic mass is 9.98. The molecule has 0 radical (unpaired) electrons. The van der Waals surface area contributed by atoms with Gasteiger partial charge in [-0.25, -0.2) is 0 Å². The first-order chi connectivity index (χ1) is 10.6. The maximum absolute atomic E-state index is 13.0. The molecular formula is C15H11F6NO. The number of benzene rings is 2. The van der Waals surface area contributed by atoms with E-state index in [1.54, 1.807) is 0 Å². The molecule has 8 heteroatoms. The zero-order valence-corrected chi connectivity index (χ0v) is 11.5. The van der Waals surface area contributed by atoms with Crippen LogP contribution in [0.3, 0.4) is 0 Å². The van der Waals surface area contributed by atoms with Gasteiger partial charge in [-0.1, -0.05) is 24.3 Å². The molecule has 0 saturated heterocycles. The number of ether oxygens (including phenoxy) is 1. The van der Waals surface area contributed by atoms with Crippen LogP contribution in [-0.2, 0) is 12.7 Å². The van der Waals surface area contributed by atoms with Gasteiger partial charge in [0, 0.05) is 6.54 Å². The van der Waals surface area contributed by atoms with E-state index in [1.165, 1.54) is 24.3 Å². The molecule has 0 aliphatic heterocycles. The van der Waals surface area contributed by atoms with E-state index >= 15 is 0 Å². The van der Waals surface area contributed by atoms with E-state index in [4.69, 9.17) is 5.73 Å². The molecule has 0 bridgehead atoms. The van der Waals surface area contributed by atoms with Crippen LogP contribution in [0.25, 0.3) is 11.1 Å². The maximum Gasteiger partial charge on any atom is 0.573 e. The third-order valence-corrected chi connectivity index (χ3v) is 3.04. The maximum atomic E-state index is 13.0. The molecule has 0 heterocycles. The Bertz CT molecular complexity index is 693. The van der Waals surface area contributed by atoms with Gasteiger partial charge in [0.1, 0.15) is 5.75 Å². The minimum Gasteiger partial charge on any atom is -0.406 e. The molecule has 2 aromatic rings. The molecular weight excluding hydrogens is 324 g/mol. The van der Waals surface area contributed by atoms with Crippen molar-refractivity contribution >= 4 is 0 Å². The first kappa shape index (κ1) is 17.1. The predicted molar refractivity (Wildman–Crippen MR) is 71.5 cm³/mol. The van der Waals surface area contributed by atoms with Gasteiger partial charge in [0.05, 0.1) is 5.56 Å². The molecule has 0 unspecified atom stereocenters. The van der Waals surface area contributed by atoms with Crippen molar-refractivity contribution in [1.29, 1.82) is 0 Å². The van der Waals surface area contributed by atoms with Gasteiger partial charge in [0.2, 0.25) is 0 Å². The molecule has 0 spiro atoms. The van der Waals surface area contributed by atoms with E-state index in [-0.39, 0.29) is 23.2 Å². The number of alkyl halides is 6. The van der Waals surface area contributed by atoms with Crippen LogP contribution in [0.4, 0.5) is 26.3 Å². The van der Waals surface area contributed by atoms with Crippen LogP contribution < -0.4 is 10.5 Å². The van der Waals surface area contributed by atoms with Crippen LogP contribution in [0, 0.1) is 0 Å². The second-order valence-corrected chi connectivity index (χ2v) is 4.65. The summed E-state index contributed by atoms with van der Waals surface area (Å²) in [7, 11) is 0. The summed E-state index contributed by atoms with van der Waals surface area (Å²) in [5.74, 6) is -0.508. The van der Waals surface area contributed by atoms with E-state index in [0.717, 1.165) is 18.2 Å². The number of hydrogen-bond acceptors (Lipinski definition) is 2. The summed E-state index contributed by atoms with van der Waals surface area (Å²) in [5, 5.41) is 0.